The van der Waals surface area contributed by atoms with Crippen molar-refractivity contribution in [1.29, 1.82) is 0 Å². The van der Waals surface area contributed by atoms with Crippen LogP contribution in [0.1, 0.15) is 21.6 Å². The van der Waals surface area contributed by atoms with Crippen LogP contribution in [0.25, 0.3) is 0 Å². The Hall–Kier alpha value is -1.75. The van der Waals surface area contributed by atoms with Gasteiger partial charge in [0.05, 0.1) is 10.0 Å². The van der Waals surface area contributed by atoms with Crippen molar-refractivity contribution in [3.05, 3.63) is 63.6 Å². The van der Waals surface area contributed by atoms with E-state index >= 15 is 0 Å². The van der Waals surface area contributed by atoms with Gasteiger partial charge in [-0.05, 0) is 46.6 Å². The zero-order chi connectivity index (χ0) is 13.8. The highest BCUT2D eigenvalue weighted by Crippen LogP contribution is 2.20. The van der Waals surface area contributed by atoms with Crippen LogP contribution in [0.4, 0.5) is 4.39 Å². The molecule has 0 bridgehead atoms. The molecule has 1 N–H and O–H groups in total. The van der Waals surface area contributed by atoms with Crippen molar-refractivity contribution in [3.63, 3.8) is 0 Å². The molecule has 1 amide bonds. The molecule has 1 aromatic heterocycles. The van der Waals surface area contributed by atoms with Crippen LogP contribution in [0.15, 0.2) is 41.0 Å². The topological polar surface area (TPSA) is 42.0 Å². The Bertz CT molecular complexity index is 599. The maximum absolute atomic E-state index is 13.3. The van der Waals surface area contributed by atoms with Crippen molar-refractivity contribution in [1.82, 2.24) is 10.3 Å². The van der Waals surface area contributed by atoms with Gasteiger partial charge in [0.1, 0.15) is 5.82 Å². The van der Waals surface area contributed by atoms with Crippen molar-refractivity contribution in [2.75, 3.05) is 0 Å². The maximum atomic E-state index is 13.3. The molecule has 0 aliphatic rings. The first-order valence-corrected chi connectivity index (χ1v) is 6.51. The van der Waals surface area contributed by atoms with Gasteiger partial charge in [-0.25, -0.2) is 4.39 Å². The summed E-state index contributed by atoms with van der Waals surface area (Å²) in [5, 5.41) is 2.73. The van der Waals surface area contributed by atoms with Crippen LogP contribution in [-0.4, -0.2) is 10.9 Å². The second-order valence-electron chi connectivity index (χ2n) is 4.09. The molecule has 0 spiro atoms. The van der Waals surface area contributed by atoms with Gasteiger partial charge < -0.3 is 5.32 Å². The van der Waals surface area contributed by atoms with E-state index in [1.165, 1.54) is 12.1 Å². The number of hydrogen-bond acceptors (Lipinski definition) is 2. The van der Waals surface area contributed by atoms with E-state index in [0.29, 0.717) is 6.54 Å². The number of nitrogens with zero attached hydrogens (tertiary/aromatic N) is 1. The standard InChI is InChI=1S/C14H12BrFN2O/c1-9-5-6-10(7-17-9)8-18-14(19)11-3-2-4-12(16)13(11)15/h2-7H,8H2,1H3,(H,18,19). The summed E-state index contributed by atoms with van der Waals surface area (Å²) in [4.78, 5) is 16.1. The molecule has 2 rings (SSSR count). The molecule has 19 heavy (non-hydrogen) atoms. The van der Waals surface area contributed by atoms with Gasteiger partial charge in [-0.1, -0.05) is 12.1 Å². The second-order valence-corrected chi connectivity index (χ2v) is 4.88. The lowest BCUT2D eigenvalue weighted by molar-refractivity contribution is 0.0949. The van der Waals surface area contributed by atoms with Gasteiger partial charge in [-0.2, -0.15) is 0 Å². The highest BCUT2D eigenvalue weighted by Gasteiger charge is 2.12. The van der Waals surface area contributed by atoms with E-state index < -0.39 is 5.82 Å². The number of aryl methyl sites for hydroxylation is 1. The Labute approximate surface area is 119 Å². The predicted molar refractivity (Wildman–Crippen MR) is 74.2 cm³/mol. The van der Waals surface area contributed by atoms with Crippen LogP contribution in [0.5, 0.6) is 0 Å². The Morgan fingerprint density at radius 1 is 1.37 bits per heavy atom. The minimum atomic E-state index is -0.454. The van der Waals surface area contributed by atoms with Gasteiger partial charge >= 0.3 is 0 Å². The highest BCUT2D eigenvalue weighted by atomic mass is 79.9. The first-order valence-electron chi connectivity index (χ1n) is 5.71. The minimum Gasteiger partial charge on any atom is -0.348 e. The highest BCUT2D eigenvalue weighted by molar-refractivity contribution is 9.10. The molecule has 3 nitrogen and oxygen atoms in total. The summed E-state index contributed by atoms with van der Waals surface area (Å²) < 4.78 is 13.5. The molecular weight excluding hydrogens is 311 g/mol. The number of nitrogens with one attached hydrogen (secondary N) is 1. The Morgan fingerprint density at radius 3 is 2.84 bits per heavy atom. The Morgan fingerprint density at radius 2 is 2.16 bits per heavy atom. The average molecular weight is 323 g/mol. The fraction of sp³-hybridized carbons (Fsp3) is 0.143. The third kappa shape index (κ3) is 3.38. The third-order valence-electron chi connectivity index (χ3n) is 2.62. The molecule has 0 saturated heterocycles. The lowest BCUT2D eigenvalue weighted by Crippen LogP contribution is -2.23. The SMILES string of the molecule is Cc1ccc(CNC(=O)c2cccc(F)c2Br)cn1. The summed E-state index contributed by atoms with van der Waals surface area (Å²) in [5.74, 6) is -0.781. The number of carbonyl (C=O) groups is 1. The molecule has 0 unspecified atom stereocenters. The predicted octanol–water partition coefficient (Wildman–Crippen LogP) is 3.22. The molecular formula is C14H12BrFN2O. The van der Waals surface area contributed by atoms with Gasteiger partial charge in [0.2, 0.25) is 0 Å². The summed E-state index contributed by atoms with van der Waals surface area (Å²) >= 11 is 3.07. The van der Waals surface area contributed by atoms with Gasteiger partial charge in [-0.15, -0.1) is 0 Å². The first kappa shape index (κ1) is 13.7. The molecule has 0 atom stereocenters. The van der Waals surface area contributed by atoms with Crippen molar-refractivity contribution in [3.8, 4) is 0 Å². The smallest absolute Gasteiger partial charge is 0.252 e. The quantitative estimate of drug-likeness (QED) is 0.942. The summed E-state index contributed by atoms with van der Waals surface area (Å²) in [6, 6.07) is 8.13. The average Bonchev–Trinajstić information content (AvgIpc) is 2.41. The lowest BCUT2D eigenvalue weighted by atomic mass is 10.2. The molecule has 2 aromatic rings. The van der Waals surface area contributed by atoms with E-state index in [-0.39, 0.29) is 15.9 Å². The summed E-state index contributed by atoms with van der Waals surface area (Å²) in [7, 11) is 0. The van der Waals surface area contributed by atoms with E-state index in [9.17, 15) is 9.18 Å². The maximum Gasteiger partial charge on any atom is 0.252 e. The van der Waals surface area contributed by atoms with Crippen LogP contribution >= 0.6 is 15.9 Å². The van der Waals surface area contributed by atoms with E-state index in [1.54, 1.807) is 12.3 Å². The molecule has 98 valence electrons. The normalized spacial score (nSPS) is 10.3. The van der Waals surface area contributed by atoms with E-state index in [2.05, 4.69) is 26.2 Å². The van der Waals surface area contributed by atoms with Crippen LogP contribution < -0.4 is 5.32 Å². The van der Waals surface area contributed by atoms with E-state index in [4.69, 9.17) is 0 Å². The van der Waals surface area contributed by atoms with E-state index in [1.807, 2.05) is 19.1 Å². The fourth-order valence-corrected chi connectivity index (χ4v) is 2.00. The number of carbonyl (C=O) groups excluding carboxylic acids is 1. The van der Waals surface area contributed by atoms with Crippen LogP contribution in [-0.2, 0) is 6.54 Å². The molecule has 0 aliphatic heterocycles. The first-order chi connectivity index (χ1) is 9.08. The monoisotopic (exact) mass is 322 g/mol. The number of aromatic nitrogens is 1. The van der Waals surface area contributed by atoms with Crippen molar-refractivity contribution in [2.24, 2.45) is 0 Å². The summed E-state index contributed by atoms with van der Waals surface area (Å²) in [6.07, 6.45) is 1.70. The van der Waals surface area contributed by atoms with Crippen LogP contribution in [0, 0.1) is 12.7 Å². The molecule has 5 heteroatoms. The van der Waals surface area contributed by atoms with Gasteiger partial charge in [0.25, 0.3) is 5.91 Å². The van der Waals surface area contributed by atoms with Crippen LogP contribution in [0.3, 0.4) is 0 Å². The van der Waals surface area contributed by atoms with Gasteiger partial charge in [-0.3, -0.25) is 9.78 Å². The Balaban J connectivity index is 2.05. The third-order valence-corrected chi connectivity index (χ3v) is 3.43. The molecule has 0 aliphatic carbocycles. The van der Waals surface area contributed by atoms with Gasteiger partial charge in [0, 0.05) is 18.4 Å². The molecule has 1 heterocycles. The number of pyridine rings is 1. The number of hydrogen-bond donors (Lipinski definition) is 1. The van der Waals surface area contributed by atoms with Crippen molar-refractivity contribution < 1.29 is 9.18 Å². The second kappa shape index (κ2) is 5.93. The zero-order valence-corrected chi connectivity index (χ0v) is 11.9. The number of halogens is 2. The van der Waals surface area contributed by atoms with Crippen LogP contribution in [0.2, 0.25) is 0 Å². The van der Waals surface area contributed by atoms with Crippen molar-refractivity contribution in [2.45, 2.75) is 13.5 Å². The molecule has 1 aromatic carbocycles. The molecule has 0 fully saturated rings. The summed E-state index contributed by atoms with van der Waals surface area (Å²) in [6.45, 7) is 2.25. The molecule has 0 saturated carbocycles. The van der Waals surface area contributed by atoms with Gasteiger partial charge in [0.15, 0.2) is 0 Å². The minimum absolute atomic E-state index is 0.175. The number of benzene rings is 1. The van der Waals surface area contributed by atoms with Crippen molar-refractivity contribution >= 4 is 21.8 Å². The number of rotatable bonds is 3. The largest absolute Gasteiger partial charge is 0.348 e. The zero-order valence-electron chi connectivity index (χ0n) is 10.3. The lowest BCUT2D eigenvalue weighted by Gasteiger charge is -2.07. The summed E-state index contributed by atoms with van der Waals surface area (Å²) in [5.41, 5.74) is 2.09. The fourth-order valence-electron chi connectivity index (χ4n) is 1.56. The molecule has 0 radical (unpaired) electrons. The van der Waals surface area contributed by atoms with E-state index in [0.717, 1.165) is 11.3 Å². The Kier molecular flexibility index (Phi) is 4.27. The number of amides is 1.